The van der Waals surface area contributed by atoms with E-state index in [2.05, 4.69) is 22.3 Å². The zero-order valence-electron chi connectivity index (χ0n) is 12.4. The van der Waals surface area contributed by atoms with Crippen molar-refractivity contribution in [3.8, 4) is 12.1 Å². The molecule has 4 heteroatoms. The Bertz CT molecular complexity index is 727. The van der Waals surface area contributed by atoms with Gasteiger partial charge in [0.15, 0.2) is 0 Å². The van der Waals surface area contributed by atoms with Crippen LogP contribution in [0.5, 0.6) is 0 Å². The molecule has 0 saturated carbocycles. The summed E-state index contributed by atoms with van der Waals surface area (Å²) in [5, 5.41) is 26.0. The van der Waals surface area contributed by atoms with E-state index in [1.807, 2.05) is 38.1 Å². The van der Waals surface area contributed by atoms with Gasteiger partial charge in [0, 0.05) is 0 Å². The highest BCUT2D eigenvalue weighted by Crippen LogP contribution is 2.07. The number of nitriles is 2. The molecule has 2 rings (SSSR count). The molecule has 0 bridgehead atoms. The van der Waals surface area contributed by atoms with Gasteiger partial charge in [0.1, 0.15) is 0 Å². The van der Waals surface area contributed by atoms with E-state index in [0.717, 1.165) is 22.6 Å². The SMILES string of the molecule is C/C(=N\N=C(/C)c1ccc(C#N)cc1)c1ccc(C#N)cc1. The highest BCUT2D eigenvalue weighted by atomic mass is 15.2. The number of nitrogens with zero attached hydrogens (tertiary/aromatic N) is 4. The van der Waals surface area contributed by atoms with Crippen LogP contribution in [0.1, 0.15) is 36.1 Å². The van der Waals surface area contributed by atoms with Crippen molar-refractivity contribution >= 4 is 11.4 Å². The van der Waals surface area contributed by atoms with Crippen LogP contribution in [-0.4, -0.2) is 11.4 Å². The Labute approximate surface area is 129 Å². The highest BCUT2D eigenvalue weighted by Gasteiger charge is 2.00. The van der Waals surface area contributed by atoms with Crippen molar-refractivity contribution in [1.82, 2.24) is 0 Å². The van der Waals surface area contributed by atoms with Crippen LogP contribution in [-0.2, 0) is 0 Å². The first-order valence-corrected chi connectivity index (χ1v) is 6.74. The van der Waals surface area contributed by atoms with Gasteiger partial charge in [-0.1, -0.05) is 24.3 Å². The molecule has 0 heterocycles. The molecule has 0 radical (unpaired) electrons. The van der Waals surface area contributed by atoms with Crippen LogP contribution >= 0.6 is 0 Å². The Morgan fingerprint density at radius 3 is 1.27 bits per heavy atom. The molecule has 0 aromatic heterocycles. The zero-order valence-corrected chi connectivity index (χ0v) is 12.4. The smallest absolute Gasteiger partial charge is 0.0991 e. The van der Waals surface area contributed by atoms with E-state index >= 15 is 0 Å². The van der Waals surface area contributed by atoms with Gasteiger partial charge in [-0.15, -0.1) is 0 Å². The predicted molar refractivity (Wildman–Crippen MR) is 86.7 cm³/mol. The molecule has 2 aromatic rings. The molecule has 0 saturated heterocycles. The van der Waals surface area contributed by atoms with Crippen molar-refractivity contribution in [3.63, 3.8) is 0 Å². The predicted octanol–water partition coefficient (Wildman–Crippen LogP) is 3.66. The van der Waals surface area contributed by atoms with Gasteiger partial charge in [0.2, 0.25) is 0 Å². The van der Waals surface area contributed by atoms with Crippen molar-refractivity contribution < 1.29 is 0 Å². The van der Waals surface area contributed by atoms with Gasteiger partial charge < -0.3 is 0 Å². The first-order chi connectivity index (χ1) is 10.6. The highest BCUT2D eigenvalue weighted by molar-refractivity contribution is 6.01. The Morgan fingerprint density at radius 2 is 1.00 bits per heavy atom. The first kappa shape index (κ1) is 15.2. The van der Waals surface area contributed by atoms with E-state index in [9.17, 15) is 0 Å². The first-order valence-electron chi connectivity index (χ1n) is 6.74. The van der Waals surface area contributed by atoms with E-state index < -0.39 is 0 Å². The fourth-order valence-corrected chi connectivity index (χ4v) is 1.84. The van der Waals surface area contributed by atoms with Crippen LogP contribution in [0.25, 0.3) is 0 Å². The molecular formula is C18H14N4. The standard InChI is InChI=1S/C18H14N4/c1-13(17-7-3-15(11-19)4-8-17)21-22-14(2)18-9-5-16(12-20)6-10-18/h3-10H,1-2H3/b21-13+,22-14+. The van der Waals surface area contributed by atoms with Gasteiger partial charge in [-0.25, -0.2) is 0 Å². The fourth-order valence-electron chi connectivity index (χ4n) is 1.84. The summed E-state index contributed by atoms with van der Waals surface area (Å²) in [6, 6.07) is 18.6. The molecule has 0 unspecified atom stereocenters. The van der Waals surface area contributed by atoms with Crippen molar-refractivity contribution in [1.29, 1.82) is 10.5 Å². The lowest BCUT2D eigenvalue weighted by molar-refractivity contribution is 1.22. The molecule has 22 heavy (non-hydrogen) atoms. The summed E-state index contributed by atoms with van der Waals surface area (Å²) < 4.78 is 0. The lowest BCUT2D eigenvalue weighted by Crippen LogP contribution is -1.97. The van der Waals surface area contributed by atoms with Crippen LogP contribution < -0.4 is 0 Å². The van der Waals surface area contributed by atoms with Crippen LogP contribution in [0.3, 0.4) is 0 Å². The van der Waals surface area contributed by atoms with Crippen molar-refractivity contribution in [2.45, 2.75) is 13.8 Å². The van der Waals surface area contributed by atoms with E-state index in [-0.39, 0.29) is 0 Å². The summed E-state index contributed by atoms with van der Waals surface area (Å²) in [5.74, 6) is 0. The van der Waals surface area contributed by atoms with Gasteiger partial charge >= 0.3 is 0 Å². The number of benzene rings is 2. The minimum absolute atomic E-state index is 0.619. The van der Waals surface area contributed by atoms with E-state index in [1.165, 1.54) is 0 Å². The third-order valence-corrected chi connectivity index (χ3v) is 3.21. The van der Waals surface area contributed by atoms with Crippen molar-refractivity contribution in [3.05, 3.63) is 70.8 Å². The molecule has 4 nitrogen and oxygen atoms in total. The average molecular weight is 286 g/mol. The topological polar surface area (TPSA) is 72.3 Å². The van der Waals surface area contributed by atoms with Crippen molar-refractivity contribution in [2.24, 2.45) is 10.2 Å². The summed E-state index contributed by atoms with van der Waals surface area (Å²) in [5.41, 5.74) is 4.64. The fraction of sp³-hybridized carbons (Fsp3) is 0.111. The molecule has 0 aliphatic rings. The maximum Gasteiger partial charge on any atom is 0.0991 e. The lowest BCUT2D eigenvalue weighted by Gasteiger charge is -2.01. The Hall–Kier alpha value is -3.24. The summed E-state index contributed by atoms with van der Waals surface area (Å²) in [6.45, 7) is 3.74. The molecule has 0 aliphatic heterocycles. The van der Waals surface area contributed by atoms with Crippen molar-refractivity contribution in [2.75, 3.05) is 0 Å². The quantitative estimate of drug-likeness (QED) is 0.638. The van der Waals surface area contributed by atoms with Gasteiger partial charge in [-0.2, -0.15) is 20.7 Å². The molecular weight excluding hydrogens is 272 g/mol. The molecule has 0 amide bonds. The summed E-state index contributed by atoms with van der Waals surface area (Å²) >= 11 is 0. The normalized spacial score (nSPS) is 11.6. The van der Waals surface area contributed by atoms with E-state index in [1.54, 1.807) is 24.3 Å². The van der Waals surface area contributed by atoms with Crippen LogP contribution in [0.15, 0.2) is 58.7 Å². The van der Waals surface area contributed by atoms with Crippen LogP contribution in [0.2, 0.25) is 0 Å². The van der Waals surface area contributed by atoms with Crippen LogP contribution in [0.4, 0.5) is 0 Å². The Morgan fingerprint density at radius 1 is 0.682 bits per heavy atom. The largest absolute Gasteiger partial charge is 0.192 e. The minimum atomic E-state index is 0.619. The van der Waals surface area contributed by atoms with Gasteiger partial charge in [0.25, 0.3) is 0 Å². The minimum Gasteiger partial charge on any atom is -0.192 e. The maximum atomic E-state index is 8.78. The maximum absolute atomic E-state index is 8.78. The van der Waals surface area contributed by atoms with E-state index in [4.69, 9.17) is 10.5 Å². The second-order valence-electron chi connectivity index (χ2n) is 4.75. The molecule has 0 aliphatic carbocycles. The second-order valence-corrected chi connectivity index (χ2v) is 4.75. The molecule has 0 N–H and O–H groups in total. The summed E-state index contributed by atoms with van der Waals surface area (Å²) in [7, 11) is 0. The third kappa shape index (κ3) is 3.65. The number of hydrogen-bond donors (Lipinski definition) is 0. The van der Waals surface area contributed by atoms with E-state index in [0.29, 0.717) is 11.1 Å². The van der Waals surface area contributed by atoms with Gasteiger partial charge in [0.05, 0.1) is 34.7 Å². The molecule has 0 atom stereocenters. The Balaban J connectivity index is 2.20. The summed E-state index contributed by atoms with van der Waals surface area (Å²) in [4.78, 5) is 0. The van der Waals surface area contributed by atoms with Crippen LogP contribution in [0, 0.1) is 22.7 Å². The number of hydrogen-bond acceptors (Lipinski definition) is 4. The number of rotatable bonds is 3. The monoisotopic (exact) mass is 286 g/mol. The molecule has 106 valence electrons. The van der Waals surface area contributed by atoms with Gasteiger partial charge in [-0.05, 0) is 49.2 Å². The average Bonchev–Trinajstić information content (AvgIpc) is 2.59. The lowest BCUT2D eigenvalue weighted by atomic mass is 10.1. The Kier molecular flexibility index (Phi) is 4.80. The van der Waals surface area contributed by atoms with Gasteiger partial charge in [-0.3, -0.25) is 0 Å². The molecule has 0 fully saturated rings. The molecule has 0 spiro atoms. The zero-order chi connectivity index (χ0) is 15.9. The third-order valence-electron chi connectivity index (χ3n) is 3.21. The molecule has 2 aromatic carbocycles. The second kappa shape index (κ2) is 6.97. The summed E-state index contributed by atoms with van der Waals surface area (Å²) in [6.07, 6.45) is 0.